The zero-order chi connectivity index (χ0) is 5.82. The summed E-state index contributed by atoms with van der Waals surface area (Å²) in [6, 6.07) is 0. The maximum Gasteiger partial charge on any atom is 0.115 e. The van der Waals surface area contributed by atoms with Crippen LogP contribution in [0, 0.1) is 0 Å². The van der Waals surface area contributed by atoms with Gasteiger partial charge in [0.25, 0.3) is 0 Å². The maximum absolute atomic E-state index is 4.74. The lowest BCUT2D eigenvalue weighted by Gasteiger charge is -1.86. The fraction of sp³-hybridized carbons (Fsp3) is 0.200. The third kappa shape index (κ3) is 1.20. The molecule has 0 amide bonds. The Kier molecular flexibility index (Phi) is 1.86. The zero-order valence-corrected chi connectivity index (χ0v) is 5.06. The predicted molar refractivity (Wildman–Crippen MR) is 33.3 cm³/mol. The number of aromatic nitrogens is 2. The SMILES string of the molecule is [S]Cc1cncnc1. The predicted octanol–water partition coefficient (Wildman–Crippen LogP) is 1.17. The molecule has 0 saturated heterocycles. The van der Waals surface area contributed by atoms with E-state index in [2.05, 4.69) is 9.97 Å². The molecule has 0 spiro atoms. The maximum atomic E-state index is 4.74. The molecule has 3 heteroatoms. The number of nitrogens with zero attached hydrogens (tertiary/aromatic N) is 2. The van der Waals surface area contributed by atoms with Gasteiger partial charge in [0.05, 0.1) is 0 Å². The standard InChI is InChI=1S/C5H5N2S/c8-3-5-1-6-4-7-2-5/h1-2,4H,3H2. The van der Waals surface area contributed by atoms with Crippen LogP contribution < -0.4 is 0 Å². The average Bonchev–Trinajstić information content (AvgIpc) is 1.90. The summed E-state index contributed by atoms with van der Waals surface area (Å²) >= 11 is 4.74. The first-order chi connectivity index (χ1) is 3.93. The average molecular weight is 125 g/mol. The lowest BCUT2D eigenvalue weighted by molar-refractivity contribution is 1.12. The second-order valence-corrected chi connectivity index (χ2v) is 1.68. The molecule has 1 aromatic rings. The molecule has 1 heterocycles. The van der Waals surface area contributed by atoms with Crippen LogP contribution in [0.3, 0.4) is 0 Å². The molecule has 0 aliphatic heterocycles. The first kappa shape index (κ1) is 5.56. The van der Waals surface area contributed by atoms with Gasteiger partial charge < -0.3 is 0 Å². The molecule has 0 atom stereocenters. The van der Waals surface area contributed by atoms with Crippen molar-refractivity contribution in [2.24, 2.45) is 0 Å². The van der Waals surface area contributed by atoms with Crippen molar-refractivity contribution in [3.8, 4) is 0 Å². The van der Waals surface area contributed by atoms with Gasteiger partial charge >= 0.3 is 0 Å². The van der Waals surface area contributed by atoms with E-state index in [9.17, 15) is 0 Å². The summed E-state index contributed by atoms with van der Waals surface area (Å²) < 4.78 is 0. The van der Waals surface area contributed by atoms with Crippen molar-refractivity contribution in [1.29, 1.82) is 0 Å². The summed E-state index contributed by atoms with van der Waals surface area (Å²) in [6.45, 7) is 0. The van der Waals surface area contributed by atoms with E-state index < -0.39 is 0 Å². The van der Waals surface area contributed by atoms with Gasteiger partial charge in [-0.05, 0) is 5.56 Å². The van der Waals surface area contributed by atoms with E-state index in [4.69, 9.17) is 12.6 Å². The third-order valence-corrected chi connectivity index (χ3v) is 1.11. The zero-order valence-electron chi connectivity index (χ0n) is 4.24. The summed E-state index contributed by atoms with van der Waals surface area (Å²) in [6.07, 6.45) is 4.94. The minimum Gasteiger partial charge on any atom is -0.245 e. The smallest absolute Gasteiger partial charge is 0.115 e. The fourth-order valence-electron chi connectivity index (χ4n) is 0.405. The Morgan fingerprint density at radius 1 is 1.38 bits per heavy atom. The Morgan fingerprint density at radius 2 is 2.00 bits per heavy atom. The molecule has 0 fully saturated rings. The van der Waals surface area contributed by atoms with E-state index in [1.807, 2.05) is 0 Å². The molecule has 1 rings (SSSR count). The van der Waals surface area contributed by atoms with E-state index in [-0.39, 0.29) is 0 Å². The lowest BCUT2D eigenvalue weighted by atomic mass is 10.4. The van der Waals surface area contributed by atoms with Gasteiger partial charge in [0.15, 0.2) is 0 Å². The van der Waals surface area contributed by atoms with Gasteiger partial charge in [-0.3, -0.25) is 0 Å². The van der Waals surface area contributed by atoms with E-state index >= 15 is 0 Å². The van der Waals surface area contributed by atoms with Crippen molar-refractivity contribution in [2.45, 2.75) is 5.75 Å². The second-order valence-electron chi connectivity index (χ2n) is 1.39. The second kappa shape index (κ2) is 2.67. The van der Waals surface area contributed by atoms with Crippen molar-refractivity contribution < 1.29 is 0 Å². The van der Waals surface area contributed by atoms with Crippen LogP contribution >= 0.6 is 12.6 Å². The van der Waals surface area contributed by atoms with Crippen LogP contribution in [-0.2, 0) is 5.75 Å². The summed E-state index contributed by atoms with van der Waals surface area (Å²) in [7, 11) is 0. The Balaban J connectivity index is 2.83. The molecule has 2 nitrogen and oxygen atoms in total. The number of rotatable bonds is 1. The topological polar surface area (TPSA) is 25.8 Å². The monoisotopic (exact) mass is 125 g/mol. The quantitative estimate of drug-likeness (QED) is 0.563. The van der Waals surface area contributed by atoms with Gasteiger partial charge in [-0.25, -0.2) is 9.97 Å². The summed E-state index contributed by atoms with van der Waals surface area (Å²) in [4.78, 5) is 7.56. The number of hydrogen-bond acceptors (Lipinski definition) is 2. The summed E-state index contributed by atoms with van der Waals surface area (Å²) in [5.74, 6) is 0.598. The van der Waals surface area contributed by atoms with Crippen molar-refractivity contribution in [3.63, 3.8) is 0 Å². The fourth-order valence-corrected chi connectivity index (χ4v) is 0.554. The highest BCUT2D eigenvalue weighted by Gasteiger charge is 1.83. The van der Waals surface area contributed by atoms with Crippen molar-refractivity contribution >= 4 is 12.6 Å². The van der Waals surface area contributed by atoms with Crippen LogP contribution in [0.1, 0.15) is 5.56 Å². The van der Waals surface area contributed by atoms with Crippen molar-refractivity contribution in [1.82, 2.24) is 9.97 Å². The Hall–Kier alpha value is -0.570. The minimum absolute atomic E-state index is 0.598. The van der Waals surface area contributed by atoms with Gasteiger partial charge in [-0.2, -0.15) is 0 Å². The van der Waals surface area contributed by atoms with Gasteiger partial charge in [0.2, 0.25) is 0 Å². The molecule has 1 aromatic heterocycles. The molecule has 1 radical (unpaired) electrons. The highest BCUT2D eigenvalue weighted by atomic mass is 32.1. The third-order valence-electron chi connectivity index (χ3n) is 0.781. The van der Waals surface area contributed by atoms with Gasteiger partial charge in [0.1, 0.15) is 6.33 Å². The summed E-state index contributed by atoms with van der Waals surface area (Å²) in [5.41, 5.74) is 1.00. The summed E-state index contributed by atoms with van der Waals surface area (Å²) in [5, 5.41) is 0. The van der Waals surface area contributed by atoms with Crippen LogP contribution in [-0.4, -0.2) is 9.97 Å². The molecular weight excluding hydrogens is 120 g/mol. The largest absolute Gasteiger partial charge is 0.245 e. The van der Waals surface area contributed by atoms with Crippen LogP contribution in [0.25, 0.3) is 0 Å². The van der Waals surface area contributed by atoms with Gasteiger partial charge in [0, 0.05) is 18.1 Å². The van der Waals surface area contributed by atoms with Crippen molar-refractivity contribution in [3.05, 3.63) is 24.3 Å². The first-order valence-corrected chi connectivity index (χ1v) is 2.83. The van der Waals surface area contributed by atoms with E-state index in [0.717, 1.165) is 5.56 Å². The molecule has 0 aromatic carbocycles. The van der Waals surface area contributed by atoms with Gasteiger partial charge in [-0.15, -0.1) is 0 Å². The van der Waals surface area contributed by atoms with E-state index in [1.54, 1.807) is 12.4 Å². The Bertz CT molecular complexity index is 152. The Morgan fingerprint density at radius 3 is 2.38 bits per heavy atom. The molecule has 0 N–H and O–H groups in total. The molecular formula is C5H5N2S. The normalized spacial score (nSPS) is 9.12. The molecule has 0 bridgehead atoms. The van der Waals surface area contributed by atoms with Crippen LogP contribution in [0.2, 0.25) is 0 Å². The van der Waals surface area contributed by atoms with Crippen LogP contribution in [0.4, 0.5) is 0 Å². The van der Waals surface area contributed by atoms with Crippen LogP contribution in [0.5, 0.6) is 0 Å². The highest BCUT2D eigenvalue weighted by molar-refractivity contribution is 7.79. The highest BCUT2D eigenvalue weighted by Crippen LogP contribution is 1.95. The van der Waals surface area contributed by atoms with Crippen molar-refractivity contribution in [2.75, 3.05) is 0 Å². The molecule has 8 heavy (non-hydrogen) atoms. The van der Waals surface area contributed by atoms with E-state index in [0.29, 0.717) is 5.75 Å². The minimum atomic E-state index is 0.598. The van der Waals surface area contributed by atoms with Crippen LogP contribution in [0.15, 0.2) is 18.7 Å². The molecule has 0 unspecified atom stereocenters. The van der Waals surface area contributed by atoms with E-state index in [1.165, 1.54) is 6.33 Å². The number of hydrogen-bond donors (Lipinski definition) is 0. The Labute approximate surface area is 53.4 Å². The lowest BCUT2D eigenvalue weighted by Crippen LogP contribution is -1.80. The molecule has 41 valence electrons. The van der Waals surface area contributed by atoms with Gasteiger partial charge in [-0.1, -0.05) is 12.6 Å². The molecule has 0 saturated carbocycles. The molecule has 0 aliphatic rings. The first-order valence-electron chi connectivity index (χ1n) is 2.25. The molecule has 0 aliphatic carbocycles.